The van der Waals surface area contributed by atoms with Crippen LogP contribution >= 0.6 is 23.8 Å². The number of nitrogens with one attached hydrogen (secondary N) is 2. The molecule has 0 fully saturated rings. The van der Waals surface area contributed by atoms with Crippen LogP contribution in [0.1, 0.15) is 17.0 Å². The van der Waals surface area contributed by atoms with Gasteiger partial charge in [-0.15, -0.1) is 0 Å². The van der Waals surface area contributed by atoms with Gasteiger partial charge in [0.25, 0.3) is 0 Å². The van der Waals surface area contributed by atoms with Crippen LogP contribution in [0.2, 0.25) is 5.02 Å². The van der Waals surface area contributed by atoms with Gasteiger partial charge in [0.15, 0.2) is 5.11 Å². The Morgan fingerprint density at radius 3 is 2.11 bits per heavy atom. The molecule has 3 aromatic carbocycles. The molecule has 0 radical (unpaired) electrons. The molecule has 0 bridgehead atoms. The summed E-state index contributed by atoms with van der Waals surface area (Å²) in [4.78, 5) is 0. The highest BCUT2D eigenvalue weighted by Crippen LogP contribution is 2.28. The van der Waals surface area contributed by atoms with Crippen molar-refractivity contribution in [2.24, 2.45) is 0 Å². The van der Waals surface area contributed by atoms with Crippen LogP contribution in [0.4, 0.5) is 5.69 Å². The summed E-state index contributed by atoms with van der Waals surface area (Å²) in [5.74, 6) is 0.875. The highest BCUT2D eigenvalue weighted by atomic mass is 35.5. The molecular formula is C22H21ClN2OS. The molecule has 0 aliphatic carbocycles. The van der Waals surface area contributed by atoms with Crippen molar-refractivity contribution in [3.05, 3.63) is 95.0 Å². The van der Waals surface area contributed by atoms with Gasteiger partial charge >= 0.3 is 0 Å². The molecule has 0 saturated heterocycles. The van der Waals surface area contributed by atoms with E-state index in [4.69, 9.17) is 28.6 Å². The van der Waals surface area contributed by atoms with Crippen LogP contribution in [0.5, 0.6) is 5.75 Å². The first-order valence-electron chi connectivity index (χ1n) is 8.65. The molecule has 0 atom stereocenters. The van der Waals surface area contributed by atoms with Crippen LogP contribution in [0.25, 0.3) is 0 Å². The predicted octanol–water partition coefficient (Wildman–Crippen LogP) is 5.47. The summed E-state index contributed by atoms with van der Waals surface area (Å²) in [5, 5.41) is 7.63. The SMILES string of the molecule is COc1ccc(Cl)cc1NC(=S)NCC(c1ccccc1)c1ccccc1. The highest BCUT2D eigenvalue weighted by Gasteiger charge is 2.14. The number of methoxy groups -OCH3 is 1. The van der Waals surface area contributed by atoms with E-state index in [1.807, 2.05) is 18.2 Å². The maximum Gasteiger partial charge on any atom is 0.170 e. The Morgan fingerprint density at radius 1 is 0.963 bits per heavy atom. The van der Waals surface area contributed by atoms with Gasteiger partial charge in [0, 0.05) is 17.5 Å². The summed E-state index contributed by atoms with van der Waals surface area (Å²) in [7, 11) is 1.62. The second kappa shape index (κ2) is 9.40. The Kier molecular flexibility index (Phi) is 6.69. The molecule has 0 saturated carbocycles. The zero-order valence-electron chi connectivity index (χ0n) is 15.0. The van der Waals surface area contributed by atoms with E-state index in [1.165, 1.54) is 11.1 Å². The Balaban J connectivity index is 1.72. The minimum absolute atomic E-state index is 0.188. The third-order valence-corrected chi connectivity index (χ3v) is 4.76. The highest BCUT2D eigenvalue weighted by molar-refractivity contribution is 7.80. The van der Waals surface area contributed by atoms with Crippen molar-refractivity contribution in [3.63, 3.8) is 0 Å². The summed E-state index contributed by atoms with van der Waals surface area (Å²) in [6.07, 6.45) is 0. The van der Waals surface area contributed by atoms with Gasteiger partial charge in [-0.2, -0.15) is 0 Å². The van der Waals surface area contributed by atoms with E-state index in [-0.39, 0.29) is 5.92 Å². The van der Waals surface area contributed by atoms with Crippen LogP contribution in [-0.2, 0) is 0 Å². The third kappa shape index (κ3) is 5.22. The third-order valence-electron chi connectivity index (χ3n) is 4.28. The van der Waals surface area contributed by atoms with E-state index in [2.05, 4.69) is 59.2 Å². The zero-order valence-corrected chi connectivity index (χ0v) is 16.6. The summed E-state index contributed by atoms with van der Waals surface area (Å²) in [6.45, 7) is 0.669. The van der Waals surface area contributed by atoms with Gasteiger partial charge in [-0.25, -0.2) is 0 Å². The monoisotopic (exact) mass is 396 g/mol. The van der Waals surface area contributed by atoms with Crippen molar-refractivity contribution >= 4 is 34.6 Å². The van der Waals surface area contributed by atoms with Gasteiger partial charge in [-0.1, -0.05) is 72.3 Å². The van der Waals surface area contributed by atoms with Crippen molar-refractivity contribution in [1.82, 2.24) is 5.32 Å². The summed E-state index contributed by atoms with van der Waals surface area (Å²) >= 11 is 11.6. The number of hydrogen-bond donors (Lipinski definition) is 2. The van der Waals surface area contributed by atoms with Crippen LogP contribution < -0.4 is 15.4 Å². The Hall–Kier alpha value is -2.56. The van der Waals surface area contributed by atoms with Gasteiger partial charge < -0.3 is 15.4 Å². The van der Waals surface area contributed by atoms with Crippen LogP contribution in [0.15, 0.2) is 78.9 Å². The Labute approximate surface area is 170 Å². The fraction of sp³-hybridized carbons (Fsp3) is 0.136. The quantitative estimate of drug-likeness (QED) is 0.541. The van der Waals surface area contributed by atoms with Gasteiger partial charge in [0.05, 0.1) is 12.8 Å². The smallest absolute Gasteiger partial charge is 0.170 e. The van der Waals surface area contributed by atoms with Crippen molar-refractivity contribution < 1.29 is 4.74 Å². The maximum atomic E-state index is 6.09. The molecule has 0 spiro atoms. The minimum atomic E-state index is 0.188. The first-order chi connectivity index (χ1) is 13.2. The molecule has 3 aromatic rings. The van der Waals surface area contributed by atoms with E-state index >= 15 is 0 Å². The Bertz CT molecular complexity index is 848. The molecule has 27 heavy (non-hydrogen) atoms. The number of halogens is 1. The summed E-state index contributed by atoms with van der Waals surface area (Å²) in [5.41, 5.74) is 3.21. The molecule has 0 aliphatic heterocycles. The minimum Gasteiger partial charge on any atom is -0.495 e. The van der Waals surface area contributed by atoms with E-state index in [9.17, 15) is 0 Å². The number of benzene rings is 3. The fourth-order valence-electron chi connectivity index (χ4n) is 2.94. The van der Waals surface area contributed by atoms with Crippen molar-refractivity contribution in [3.8, 4) is 5.75 Å². The van der Waals surface area contributed by atoms with Crippen molar-refractivity contribution in [2.45, 2.75) is 5.92 Å². The lowest BCUT2D eigenvalue weighted by molar-refractivity contribution is 0.417. The van der Waals surface area contributed by atoms with Crippen LogP contribution in [0, 0.1) is 0 Å². The van der Waals surface area contributed by atoms with Gasteiger partial charge in [0.2, 0.25) is 0 Å². The molecule has 0 amide bonds. The summed E-state index contributed by atoms with van der Waals surface area (Å²) in [6, 6.07) is 26.2. The first-order valence-corrected chi connectivity index (χ1v) is 9.44. The number of anilines is 1. The summed E-state index contributed by atoms with van der Waals surface area (Å²) < 4.78 is 5.36. The lowest BCUT2D eigenvalue weighted by atomic mass is 9.91. The number of hydrogen-bond acceptors (Lipinski definition) is 2. The average molecular weight is 397 g/mol. The molecule has 3 nitrogen and oxygen atoms in total. The number of ether oxygens (including phenoxy) is 1. The van der Waals surface area contributed by atoms with E-state index in [1.54, 1.807) is 19.2 Å². The number of rotatable bonds is 6. The van der Waals surface area contributed by atoms with Gasteiger partial charge in [-0.05, 0) is 41.5 Å². The predicted molar refractivity (Wildman–Crippen MR) is 117 cm³/mol. The average Bonchev–Trinajstić information content (AvgIpc) is 2.70. The lowest BCUT2D eigenvalue weighted by Crippen LogP contribution is -2.32. The standard InChI is InChI=1S/C22H21ClN2OS/c1-26-21-13-12-18(23)14-20(21)25-22(27)24-15-19(16-8-4-2-5-9-16)17-10-6-3-7-11-17/h2-14,19H,15H2,1H3,(H2,24,25,27). The van der Waals surface area contributed by atoms with E-state index < -0.39 is 0 Å². The molecule has 138 valence electrons. The molecule has 3 rings (SSSR count). The van der Waals surface area contributed by atoms with Gasteiger partial charge in [-0.3, -0.25) is 0 Å². The first kappa shape index (κ1) is 19.2. The molecular weight excluding hydrogens is 376 g/mol. The maximum absolute atomic E-state index is 6.09. The molecule has 0 unspecified atom stereocenters. The van der Waals surface area contributed by atoms with Crippen molar-refractivity contribution in [1.29, 1.82) is 0 Å². The molecule has 0 aliphatic rings. The lowest BCUT2D eigenvalue weighted by Gasteiger charge is -2.20. The van der Waals surface area contributed by atoms with Gasteiger partial charge in [0.1, 0.15) is 5.75 Å². The van der Waals surface area contributed by atoms with Crippen LogP contribution in [-0.4, -0.2) is 18.8 Å². The molecule has 0 aromatic heterocycles. The molecule has 2 N–H and O–H groups in total. The largest absolute Gasteiger partial charge is 0.495 e. The second-order valence-electron chi connectivity index (χ2n) is 6.05. The Morgan fingerprint density at radius 2 is 1.56 bits per heavy atom. The topological polar surface area (TPSA) is 33.3 Å². The van der Waals surface area contributed by atoms with Crippen LogP contribution in [0.3, 0.4) is 0 Å². The van der Waals surface area contributed by atoms with Crippen molar-refractivity contribution in [2.75, 3.05) is 19.0 Å². The van der Waals surface area contributed by atoms with E-state index in [0.717, 1.165) is 5.69 Å². The second-order valence-corrected chi connectivity index (χ2v) is 6.90. The zero-order chi connectivity index (χ0) is 19.1. The van der Waals surface area contributed by atoms with E-state index in [0.29, 0.717) is 22.4 Å². The fourth-order valence-corrected chi connectivity index (χ4v) is 3.30. The number of thiocarbonyl (C=S) groups is 1. The molecule has 5 heteroatoms. The normalized spacial score (nSPS) is 10.5. The molecule has 0 heterocycles.